The Balaban J connectivity index is 3.93. The lowest BCUT2D eigenvalue weighted by Gasteiger charge is -2.21. The van der Waals surface area contributed by atoms with Crippen LogP contribution in [0.15, 0.2) is 0 Å². The van der Waals surface area contributed by atoms with E-state index >= 15 is 0 Å². The minimum atomic E-state index is -0.334. The second-order valence-corrected chi connectivity index (χ2v) is 6.27. The van der Waals surface area contributed by atoms with Crippen LogP contribution in [0.4, 0.5) is 4.79 Å². The maximum absolute atomic E-state index is 12.0. The topological polar surface area (TPSA) is 46.6 Å². The van der Waals surface area contributed by atoms with Crippen LogP contribution in [0.2, 0.25) is 0 Å². The fourth-order valence-electron chi connectivity index (χ4n) is 2.66. The number of carbonyl (C=O) groups is 2. The van der Waals surface area contributed by atoms with Gasteiger partial charge in [0.25, 0.3) is 0 Å². The number of nitrogens with zero attached hydrogens (tertiary/aromatic N) is 1. The van der Waals surface area contributed by atoms with E-state index in [1.807, 2.05) is 0 Å². The molecule has 0 aliphatic heterocycles. The summed E-state index contributed by atoms with van der Waals surface area (Å²) in [4.78, 5) is 24.1. The van der Waals surface area contributed by atoms with E-state index < -0.39 is 0 Å². The summed E-state index contributed by atoms with van der Waals surface area (Å²) in [5, 5.41) is 0. The van der Waals surface area contributed by atoms with Crippen molar-refractivity contribution in [3.63, 3.8) is 0 Å². The van der Waals surface area contributed by atoms with Crippen molar-refractivity contribution >= 4 is 12.4 Å². The Bertz CT molecular complexity index is 266. The standard InChI is InChI=1S/C19H37NO3/c1-3-5-7-9-11-13-15-20(19(22)23-18-17-21)16-14-12-10-8-6-4-2/h17H,3-16,18H2,1-2H3. The van der Waals surface area contributed by atoms with Crippen LogP contribution < -0.4 is 0 Å². The van der Waals surface area contributed by atoms with Gasteiger partial charge in [-0.05, 0) is 12.8 Å². The molecule has 0 heterocycles. The molecule has 0 bridgehead atoms. The highest BCUT2D eigenvalue weighted by atomic mass is 16.6. The van der Waals surface area contributed by atoms with Gasteiger partial charge in [0.2, 0.25) is 0 Å². The zero-order valence-electron chi connectivity index (χ0n) is 15.4. The molecular weight excluding hydrogens is 290 g/mol. The van der Waals surface area contributed by atoms with Gasteiger partial charge in [0.1, 0.15) is 6.61 Å². The number of hydrogen-bond acceptors (Lipinski definition) is 3. The van der Waals surface area contributed by atoms with Crippen molar-refractivity contribution in [1.82, 2.24) is 4.90 Å². The van der Waals surface area contributed by atoms with E-state index in [0.29, 0.717) is 6.29 Å². The molecule has 23 heavy (non-hydrogen) atoms. The number of rotatable bonds is 16. The molecule has 0 saturated heterocycles. The first-order valence-corrected chi connectivity index (χ1v) is 9.61. The van der Waals surface area contributed by atoms with Crippen molar-refractivity contribution in [3.8, 4) is 0 Å². The number of carbonyl (C=O) groups excluding carboxylic acids is 2. The summed E-state index contributed by atoms with van der Waals surface area (Å²) in [6.45, 7) is 5.79. The van der Waals surface area contributed by atoms with Crippen molar-refractivity contribution in [2.45, 2.75) is 90.9 Å². The van der Waals surface area contributed by atoms with Gasteiger partial charge in [0.05, 0.1) is 0 Å². The molecule has 4 heteroatoms. The summed E-state index contributed by atoms with van der Waals surface area (Å²) >= 11 is 0. The zero-order chi connectivity index (χ0) is 17.2. The average molecular weight is 328 g/mol. The average Bonchev–Trinajstić information content (AvgIpc) is 2.56. The van der Waals surface area contributed by atoms with Gasteiger partial charge in [0, 0.05) is 13.1 Å². The Labute approximate surface area is 143 Å². The Morgan fingerprint density at radius 3 is 1.65 bits per heavy atom. The van der Waals surface area contributed by atoms with E-state index in [9.17, 15) is 9.59 Å². The maximum Gasteiger partial charge on any atom is 0.410 e. The van der Waals surface area contributed by atoms with Crippen LogP contribution in [0.5, 0.6) is 0 Å². The van der Waals surface area contributed by atoms with Crippen molar-refractivity contribution in [2.24, 2.45) is 0 Å². The monoisotopic (exact) mass is 327 g/mol. The first-order chi connectivity index (χ1) is 11.3. The Hall–Kier alpha value is -1.06. The summed E-state index contributed by atoms with van der Waals surface area (Å²) in [6.07, 6.45) is 14.8. The van der Waals surface area contributed by atoms with Crippen LogP contribution in [-0.2, 0) is 9.53 Å². The van der Waals surface area contributed by atoms with Gasteiger partial charge in [0.15, 0.2) is 6.29 Å². The molecule has 136 valence electrons. The van der Waals surface area contributed by atoms with Crippen LogP contribution in [0.1, 0.15) is 90.9 Å². The van der Waals surface area contributed by atoms with Gasteiger partial charge < -0.3 is 9.64 Å². The lowest BCUT2D eigenvalue weighted by molar-refractivity contribution is -0.110. The van der Waals surface area contributed by atoms with E-state index in [2.05, 4.69) is 13.8 Å². The summed E-state index contributed by atoms with van der Waals surface area (Å²) in [6, 6.07) is 0. The van der Waals surface area contributed by atoms with Gasteiger partial charge in [-0.2, -0.15) is 0 Å². The van der Waals surface area contributed by atoms with Gasteiger partial charge in [-0.15, -0.1) is 0 Å². The molecule has 0 rings (SSSR count). The van der Waals surface area contributed by atoms with Crippen molar-refractivity contribution < 1.29 is 14.3 Å². The van der Waals surface area contributed by atoms with E-state index in [1.165, 1.54) is 51.4 Å². The molecule has 0 radical (unpaired) electrons. The van der Waals surface area contributed by atoms with Crippen LogP contribution in [0.25, 0.3) is 0 Å². The maximum atomic E-state index is 12.0. The summed E-state index contributed by atoms with van der Waals surface area (Å²) in [5.41, 5.74) is 0. The lowest BCUT2D eigenvalue weighted by atomic mass is 10.1. The molecule has 0 aromatic heterocycles. The van der Waals surface area contributed by atoms with Crippen molar-refractivity contribution in [1.29, 1.82) is 0 Å². The number of ether oxygens (including phenoxy) is 1. The molecule has 0 spiro atoms. The molecule has 0 fully saturated rings. The first-order valence-electron chi connectivity index (χ1n) is 9.61. The molecular formula is C19H37NO3. The van der Waals surface area contributed by atoms with Crippen LogP contribution in [0.3, 0.4) is 0 Å². The Kier molecular flexibility index (Phi) is 16.5. The third kappa shape index (κ3) is 14.3. The first kappa shape index (κ1) is 21.9. The minimum absolute atomic E-state index is 0.137. The second-order valence-electron chi connectivity index (χ2n) is 6.27. The highest BCUT2D eigenvalue weighted by molar-refractivity contribution is 5.69. The molecule has 1 amide bonds. The van der Waals surface area contributed by atoms with Crippen molar-refractivity contribution in [2.75, 3.05) is 19.7 Å². The normalized spacial score (nSPS) is 10.5. The van der Waals surface area contributed by atoms with Crippen LogP contribution in [-0.4, -0.2) is 37.0 Å². The second kappa shape index (κ2) is 17.3. The molecule has 0 aliphatic carbocycles. The highest BCUT2D eigenvalue weighted by Gasteiger charge is 2.13. The van der Waals surface area contributed by atoms with E-state index in [0.717, 1.165) is 38.8 Å². The van der Waals surface area contributed by atoms with E-state index in [1.54, 1.807) is 4.90 Å². The fraction of sp³-hybridized carbons (Fsp3) is 0.895. The largest absolute Gasteiger partial charge is 0.442 e. The van der Waals surface area contributed by atoms with Gasteiger partial charge in [-0.1, -0.05) is 78.1 Å². The Morgan fingerprint density at radius 1 is 0.783 bits per heavy atom. The van der Waals surface area contributed by atoms with E-state index in [-0.39, 0.29) is 12.7 Å². The number of amides is 1. The molecule has 0 saturated carbocycles. The van der Waals surface area contributed by atoms with Crippen LogP contribution in [0, 0.1) is 0 Å². The zero-order valence-corrected chi connectivity index (χ0v) is 15.4. The third-order valence-electron chi connectivity index (χ3n) is 4.10. The van der Waals surface area contributed by atoms with E-state index in [4.69, 9.17) is 4.74 Å². The SMILES string of the molecule is CCCCCCCCN(CCCCCCCC)C(=O)OCC=O. The quantitative estimate of drug-likeness (QED) is 0.284. The van der Waals surface area contributed by atoms with Gasteiger partial charge >= 0.3 is 6.09 Å². The highest BCUT2D eigenvalue weighted by Crippen LogP contribution is 2.09. The molecule has 0 aliphatic rings. The smallest absolute Gasteiger partial charge is 0.410 e. The number of aldehydes is 1. The Morgan fingerprint density at radius 2 is 1.22 bits per heavy atom. The fourth-order valence-corrected chi connectivity index (χ4v) is 2.66. The number of unbranched alkanes of at least 4 members (excludes halogenated alkanes) is 10. The van der Waals surface area contributed by atoms with Gasteiger partial charge in [-0.25, -0.2) is 4.79 Å². The summed E-state index contributed by atoms with van der Waals surface area (Å²) < 4.78 is 4.96. The molecule has 0 N–H and O–H groups in total. The van der Waals surface area contributed by atoms with Gasteiger partial charge in [-0.3, -0.25) is 4.79 Å². The van der Waals surface area contributed by atoms with Crippen LogP contribution >= 0.6 is 0 Å². The predicted molar refractivity (Wildman–Crippen MR) is 95.7 cm³/mol. The number of hydrogen-bond donors (Lipinski definition) is 0. The molecule has 4 nitrogen and oxygen atoms in total. The van der Waals surface area contributed by atoms with Crippen molar-refractivity contribution in [3.05, 3.63) is 0 Å². The molecule has 0 atom stereocenters. The molecule has 0 aromatic carbocycles. The summed E-state index contributed by atoms with van der Waals surface area (Å²) in [7, 11) is 0. The predicted octanol–water partition coefficient (Wildman–Crippen LogP) is 5.34. The summed E-state index contributed by atoms with van der Waals surface area (Å²) in [5.74, 6) is 0. The minimum Gasteiger partial charge on any atom is -0.442 e. The third-order valence-corrected chi connectivity index (χ3v) is 4.10. The molecule has 0 aromatic rings. The lowest BCUT2D eigenvalue weighted by Crippen LogP contribution is -2.34. The molecule has 0 unspecified atom stereocenters.